The largest absolute Gasteiger partial charge is 0.386 e. The van der Waals surface area contributed by atoms with Crippen molar-refractivity contribution in [2.24, 2.45) is 0 Å². The number of aromatic nitrogens is 1. The zero-order chi connectivity index (χ0) is 21.3. The Bertz CT molecular complexity index is 846. The van der Waals surface area contributed by atoms with Gasteiger partial charge >= 0.3 is 0 Å². The fourth-order valence-electron chi connectivity index (χ4n) is 4.76. The fourth-order valence-corrected chi connectivity index (χ4v) is 4.76. The third-order valence-electron chi connectivity index (χ3n) is 6.66. The number of piperidine rings is 1. The van der Waals surface area contributed by atoms with Crippen LogP contribution in [0.4, 0.5) is 0 Å². The van der Waals surface area contributed by atoms with Crippen molar-refractivity contribution in [1.29, 1.82) is 0 Å². The van der Waals surface area contributed by atoms with Gasteiger partial charge in [0.15, 0.2) is 0 Å². The van der Waals surface area contributed by atoms with Crippen molar-refractivity contribution in [2.75, 3.05) is 19.6 Å². The molecule has 3 heteroatoms. The summed E-state index contributed by atoms with van der Waals surface area (Å²) in [6.07, 6.45) is 15.1. The summed E-state index contributed by atoms with van der Waals surface area (Å²) in [4.78, 5) is 7.06. The van der Waals surface area contributed by atoms with Crippen LogP contribution in [0.1, 0.15) is 61.8 Å². The normalized spacial score (nSPS) is 17.9. The van der Waals surface area contributed by atoms with E-state index in [-0.39, 0.29) is 0 Å². The molecule has 1 aromatic carbocycles. The van der Waals surface area contributed by atoms with E-state index in [1.807, 2.05) is 18.3 Å². The maximum absolute atomic E-state index is 4.42. The highest BCUT2D eigenvalue weighted by Gasteiger charge is 2.20. The molecule has 0 bridgehead atoms. The lowest BCUT2D eigenvalue weighted by molar-refractivity contribution is 0.214. The van der Waals surface area contributed by atoms with Crippen LogP contribution in [0, 0.1) is 0 Å². The molecule has 0 radical (unpaired) electrons. The average Bonchev–Trinajstić information content (AvgIpc) is 2.81. The minimum absolute atomic E-state index is 0.588. The van der Waals surface area contributed by atoms with Gasteiger partial charge in [-0.25, -0.2) is 0 Å². The molecule has 1 aromatic heterocycles. The second-order valence-corrected chi connectivity index (χ2v) is 9.22. The van der Waals surface area contributed by atoms with E-state index in [1.54, 1.807) is 5.57 Å². The number of pyridine rings is 1. The number of hydrogen-bond acceptors (Lipinski definition) is 3. The molecule has 1 N–H and O–H groups in total. The van der Waals surface area contributed by atoms with Crippen LogP contribution in [0.25, 0.3) is 0 Å². The quantitative estimate of drug-likeness (QED) is 0.535. The molecule has 0 amide bonds. The van der Waals surface area contributed by atoms with Gasteiger partial charge < -0.3 is 5.32 Å². The van der Waals surface area contributed by atoms with Gasteiger partial charge in [0.1, 0.15) is 0 Å². The SMILES string of the molecule is C=C(CCc1ccc(Cc2ccccn2)cc1)NC1CCN(CC2=CCCCC2)CC1. The molecule has 2 heterocycles. The van der Waals surface area contributed by atoms with E-state index in [9.17, 15) is 0 Å². The molecule has 1 aliphatic heterocycles. The molecule has 0 atom stereocenters. The second-order valence-electron chi connectivity index (χ2n) is 9.22. The van der Waals surface area contributed by atoms with E-state index in [0.717, 1.165) is 25.0 Å². The number of aryl methyl sites for hydroxylation is 1. The van der Waals surface area contributed by atoms with Crippen LogP contribution in [0.5, 0.6) is 0 Å². The molecular weight excluding hydrogens is 378 g/mol. The zero-order valence-corrected chi connectivity index (χ0v) is 18.9. The Morgan fingerprint density at radius 3 is 2.55 bits per heavy atom. The molecule has 164 valence electrons. The van der Waals surface area contributed by atoms with Gasteiger partial charge in [-0.15, -0.1) is 0 Å². The molecule has 1 aliphatic carbocycles. The molecule has 0 saturated carbocycles. The molecule has 0 spiro atoms. The summed E-state index contributed by atoms with van der Waals surface area (Å²) < 4.78 is 0. The first-order chi connectivity index (χ1) is 15.2. The van der Waals surface area contributed by atoms with Crippen LogP contribution >= 0.6 is 0 Å². The predicted octanol–water partition coefficient (Wildman–Crippen LogP) is 5.67. The van der Waals surface area contributed by atoms with Crippen LogP contribution in [-0.2, 0) is 12.8 Å². The zero-order valence-electron chi connectivity index (χ0n) is 18.9. The average molecular weight is 416 g/mol. The van der Waals surface area contributed by atoms with Crippen molar-refractivity contribution >= 4 is 0 Å². The molecule has 4 rings (SSSR count). The number of hydrogen-bond donors (Lipinski definition) is 1. The topological polar surface area (TPSA) is 28.2 Å². The lowest BCUT2D eigenvalue weighted by Gasteiger charge is -2.34. The second kappa shape index (κ2) is 11.3. The lowest BCUT2D eigenvalue weighted by Crippen LogP contribution is -2.42. The summed E-state index contributed by atoms with van der Waals surface area (Å²) in [5, 5.41) is 3.71. The Hall–Kier alpha value is -2.39. The summed E-state index contributed by atoms with van der Waals surface area (Å²) in [5.74, 6) is 0. The van der Waals surface area contributed by atoms with Gasteiger partial charge in [-0.3, -0.25) is 9.88 Å². The first kappa shape index (κ1) is 21.8. The Morgan fingerprint density at radius 1 is 1.03 bits per heavy atom. The third kappa shape index (κ3) is 7.07. The van der Waals surface area contributed by atoms with Crippen molar-refractivity contribution in [3.05, 3.63) is 89.4 Å². The fraction of sp³-hybridized carbons (Fsp3) is 0.464. The maximum atomic E-state index is 4.42. The van der Waals surface area contributed by atoms with Crippen LogP contribution in [0.3, 0.4) is 0 Å². The van der Waals surface area contributed by atoms with Gasteiger partial charge in [0.05, 0.1) is 0 Å². The third-order valence-corrected chi connectivity index (χ3v) is 6.66. The standard InChI is InChI=1S/C28H37N3/c1-23(30-27-16-19-31(20-17-27)22-26-7-3-2-4-8-26)10-11-24-12-14-25(15-13-24)21-28-9-5-6-18-29-28/h5-7,9,12-15,18,27,30H,1-4,8,10-11,16-17,19-22H2. The van der Waals surface area contributed by atoms with Crippen molar-refractivity contribution in [3.63, 3.8) is 0 Å². The molecule has 3 nitrogen and oxygen atoms in total. The van der Waals surface area contributed by atoms with E-state index >= 15 is 0 Å². The highest BCUT2D eigenvalue weighted by Crippen LogP contribution is 2.21. The van der Waals surface area contributed by atoms with Crippen molar-refractivity contribution in [2.45, 2.75) is 63.8 Å². The summed E-state index contributed by atoms with van der Waals surface area (Å²) in [6, 6.07) is 15.7. The number of nitrogens with zero attached hydrogens (tertiary/aromatic N) is 2. The Kier molecular flexibility index (Phi) is 7.95. The molecule has 2 aliphatic rings. The van der Waals surface area contributed by atoms with Gasteiger partial charge in [-0.05, 0) is 74.6 Å². The van der Waals surface area contributed by atoms with E-state index in [0.29, 0.717) is 6.04 Å². The number of benzene rings is 1. The molecule has 1 fully saturated rings. The van der Waals surface area contributed by atoms with Gasteiger partial charge in [0.25, 0.3) is 0 Å². The van der Waals surface area contributed by atoms with E-state index in [4.69, 9.17) is 0 Å². The van der Waals surface area contributed by atoms with Crippen molar-refractivity contribution < 1.29 is 0 Å². The van der Waals surface area contributed by atoms with Gasteiger partial charge in [0.2, 0.25) is 0 Å². The first-order valence-corrected chi connectivity index (χ1v) is 12.1. The monoisotopic (exact) mass is 415 g/mol. The smallest absolute Gasteiger partial charge is 0.0447 e. The molecule has 2 aromatic rings. The summed E-state index contributed by atoms with van der Waals surface area (Å²) in [5.41, 5.74) is 6.67. The van der Waals surface area contributed by atoms with Gasteiger partial charge in [0, 0.05) is 49.7 Å². The molecule has 0 unspecified atom stereocenters. The number of rotatable bonds is 9. The number of nitrogens with one attached hydrogen (secondary N) is 1. The highest BCUT2D eigenvalue weighted by atomic mass is 15.1. The number of allylic oxidation sites excluding steroid dienone is 2. The Labute approximate surface area is 188 Å². The van der Waals surface area contributed by atoms with Crippen LogP contribution in [0.2, 0.25) is 0 Å². The molecule has 31 heavy (non-hydrogen) atoms. The van der Waals surface area contributed by atoms with Crippen molar-refractivity contribution in [3.8, 4) is 0 Å². The Morgan fingerprint density at radius 2 is 1.84 bits per heavy atom. The minimum Gasteiger partial charge on any atom is -0.386 e. The predicted molar refractivity (Wildman–Crippen MR) is 130 cm³/mol. The van der Waals surface area contributed by atoms with Gasteiger partial charge in [-0.1, -0.05) is 48.6 Å². The summed E-state index contributed by atoms with van der Waals surface area (Å²) in [6.45, 7) is 7.92. The first-order valence-electron chi connectivity index (χ1n) is 12.1. The highest BCUT2D eigenvalue weighted by molar-refractivity contribution is 5.26. The minimum atomic E-state index is 0.588. The molecular formula is C28H37N3. The van der Waals surface area contributed by atoms with E-state index < -0.39 is 0 Å². The van der Waals surface area contributed by atoms with Crippen LogP contribution in [-0.4, -0.2) is 35.6 Å². The maximum Gasteiger partial charge on any atom is 0.0447 e. The van der Waals surface area contributed by atoms with E-state index in [2.05, 4.69) is 58.2 Å². The van der Waals surface area contributed by atoms with Crippen LogP contribution < -0.4 is 5.32 Å². The summed E-state index contributed by atoms with van der Waals surface area (Å²) in [7, 11) is 0. The lowest BCUT2D eigenvalue weighted by atomic mass is 9.97. The Balaban J connectivity index is 1.15. The van der Waals surface area contributed by atoms with Crippen LogP contribution in [0.15, 0.2) is 72.6 Å². The number of likely N-dealkylation sites (tertiary alicyclic amines) is 1. The molecule has 1 saturated heterocycles. The summed E-state index contributed by atoms with van der Waals surface area (Å²) >= 11 is 0. The van der Waals surface area contributed by atoms with Crippen molar-refractivity contribution in [1.82, 2.24) is 15.2 Å². The van der Waals surface area contributed by atoms with Gasteiger partial charge in [-0.2, -0.15) is 0 Å². The van der Waals surface area contributed by atoms with E-state index in [1.165, 1.54) is 75.0 Å².